The topological polar surface area (TPSA) is 92.9 Å². The Kier molecular flexibility index (Phi) is 6.72. The molecule has 0 aliphatic rings. The number of hydrogen-bond donors (Lipinski definition) is 3. The molecule has 0 fully saturated rings. The molecule has 0 aliphatic heterocycles. The fourth-order valence-electron chi connectivity index (χ4n) is 1.69. The second-order valence-corrected chi connectivity index (χ2v) is 5.97. The Balaban J connectivity index is 2.74. The van der Waals surface area contributed by atoms with Crippen molar-refractivity contribution in [3.63, 3.8) is 0 Å². The minimum atomic E-state index is -0.747. The third-order valence-corrected chi connectivity index (χ3v) is 3.57. The number of hydrazine groups is 1. The Morgan fingerprint density at radius 3 is 2.58 bits per heavy atom. The highest BCUT2D eigenvalue weighted by Crippen LogP contribution is 2.19. The van der Waals surface area contributed by atoms with Crippen molar-refractivity contribution < 1.29 is 4.21 Å². The molecule has 0 radical (unpaired) electrons. The summed E-state index contributed by atoms with van der Waals surface area (Å²) in [6, 6.07) is 0. The molecule has 1 atom stereocenters. The summed E-state index contributed by atoms with van der Waals surface area (Å²) in [7, 11) is -0.747. The number of hydrogen-bond acceptors (Lipinski definition) is 6. The van der Waals surface area contributed by atoms with E-state index in [0.717, 1.165) is 43.0 Å². The van der Waals surface area contributed by atoms with Crippen LogP contribution in [0.5, 0.6) is 0 Å². The molecule has 19 heavy (non-hydrogen) atoms. The van der Waals surface area contributed by atoms with Crippen molar-refractivity contribution in [3.8, 4) is 0 Å². The maximum atomic E-state index is 11.0. The number of nitrogens with one attached hydrogen (secondary N) is 2. The van der Waals surface area contributed by atoms with Crippen LogP contribution in [-0.2, 0) is 17.2 Å². The van der Waals surface area contributed by atoms with Crippen LogP contribution < -0.4 is 16.6 Å². The molecule has 4 N–H and O–H groups in total. The number of rotatable bonds is 8. The molecule has 0 saturated carbocycles. The van der Waals surface area contributed by atoms with Crippen LogP contribution in [0.15, 0.2) is 0 Å². The molecule has 1 aromatic heterocycles. The first-order chi connectivity index (χ1) is 9.08. The minimum absolute atomic E-state index is 0.653. The van der Waals surface area contributed by atoms with Gasteiger partial charge in [-0.05, 0) is 19.8 Å². The first-order valence-corrected chi connectivity index (χ1v) is 8.19. The largest absolute Gasteiger partial charge is 0.370 e. The third kappa shape index (κ3) is 5.12. The summed E-state index contributed by atoms with van der Waals surface area (Å²) in [5, 5.41) is 3.26. The Labute approximate surface area is 117 Å². The summed E-state index contributed by atoms with van der Waals surface area (Å²) >= 11 is 0. The van der Waals surface area contributed by atoms with Crippen molar-refractivity contribution in [2.45, 2.75) is 33.1 Å². The Morgan fingerprint density at radius 2 is 2.00 bits per heavy atom. The molecular weight excluding hydrogens is 262 g/mol. The fourth-order valence-corrected chi connectivity index (χ4v) is 2.24. The van der Waals surface area contributed by atoms with E-state index in [-0.39, 0.29) is 0 Å². The van der Waals surface area contributed by atoms with Gasteiger partial charge in [0, 0.05) is 41.3 Å². The van der Waals surface area contributed by atoms with E-state index < -0.39 is 10.8 Å². The van der Waals surface area contributed by atoms with Crippen molar-refractivity contribution in [1.82, 2.24) is 9.97 Å². The van der Waals surface area contributed by atoms with Gasteiger partial charge in [0.15, 0.2) is 0 Å². The SMILES string of the molecule is CCCc1nc(NN)c(C)c(NCCCS(C)=O)n1. The molecule has 7 heteroatoms. The summed E-state index contributed by atoms with van der Waals surface area (Å²) in [6.07, 6.45) is 4.37. The summed E-state index contributed by atoms with van der Waals surface area (Å²) < 4.78 is 11.0. The van der Waals surface area contributed by atoms with Gasteiger partial charge in [0.2, 0.25) is 0 Å². The van der Waals surface area contributed by atoms with Gasteiger partial charge in [-0.3, -0.25) is 4.21 Å². The zero-order chi connectivity index (χ0) is 14.3. The first kappa shape index (κ1) is 15.8. The summed E-state index contributed by atoms with van der Waals surface area (Å²) in [6.45, 7) is 4.75. The highest BCUT2D eigenvalue weighted by Gasteiger charge is 2.09. The fraction of sp³-hybridized carbons (Fsp3) is 0.667. The first-order valence-electron chi connectivity index (χ1n) is 6.46. The highest BCUT2D eigenvalue weighted by molar-refractivity contribution is 7.84. The van der Waals surface area contributed by atoms with Gasteiger partial charge >= 0.3 is 0 Å². The van der Waals surface area contributed by atoms with E-state index in [1.165, 1.54) is 0 Å². The lowest BCUT2D eigenvalue weighted by Crippen LogP contribution is -2.16. The van der Waals surface area contributed by atoms with Gasteiger partial charge in [0.05, 0.1) is 0 Å². The average Bonchev–Trinajstić information content (AvgIpc) is 2.37. The summed E-state index contributed by atoms with van der Waals surface area (Å²) in [5.41, 5.74) is 3.51. The molecule has 0 saturated heterocycles. The zero-order valence-corrected chi connectivity index (χ0v) is 12.6. The van der Waals surface area contributed by atoms with Crippen LogP contribution in [0, 0.1) is 6.92 Å². The van der Waals surface area contributed by atoms with Crippen molar-refractivity contribution in [3.05, 3.63) is 11.4 Å². The standard InChI is InChI=1S/C12H23N5OS/c1-4-6-10-15-11(9(2)12(16-10)17-13)14-7-5-8-19(3)18/h4-8,13H2,1-3H3,(H2,14,15,16,17). The summed E-state index contributed by atoms with van der Waals surface area (Å²) in [4.78, 5) is 8.86. The average molecular weight is 285 g/mol. The van der Waals surface area contributed by atoms with Crippen molar-refractivity contribution in [2.75, 3.05) is 29.3 Å². The highest BCUT2D eigenvalue weighted by atomic mass is 32.2. The summed E-state index contributed by atoms with van der Waals surface area (Å²) in [5.74, 6) is 8.40. The molecule has 0 aliphatic carbocycles. The molecule has 1 heterocycles. The Hall–Kier alpha value is -1.21. The predicted octanol–water partition coefficient (Wildman–Crippen LogP) is 1.20. The van der Waals surface area contributed by atoms with E-state index in [4.69, 9.17) is 5.84 Å². The van der Waals surface area contributed by atoms with Gasteiger partial charge in [-0.2, -0.15) is 0 Å². The minimum Gasteiger partial charge on any atom is -0.370 e. The van der Waals surface area contributed by atoms with Crippen molar-refractivity contribution in [2.24, 2.45) is 5.84 Å². The number of nitrogen functional groups attached to an aromatic ring is 1. The van der Waals surface area contributed by atoms with Gasteiger partial charge in [0.25, 0.3) is 0 Å². The molecule has 0 spiro atoms. The van der Waals surface area contributed by atoms with Crippen LogP contribution in [0.3, 0.4) is 0 Å². The second-order valence-electron chi connectivity index (χ2n) is 4.41. The number of nitrogens with zero attached hydrogens (tertiary/aromatic N) is 2. The number of aryl methyl sites for hydroxylation is 1. The molecule has 0 aromatic carbocycles. The van der Waals surface area contributed by atoms with Crippen LogP contribution in [0.1, 0.15) is 31.2 Å². The van der Waals surface area contributed by atoms with Gasteiger partial charge in [0.1, 0.15) is 17.5 Å². The van der Waals surface area contributed by atoms with Crippen LogP contribution in [0.25, 0.3) is 0 Å². The number of nitrogens with two attached hydrogens (primary N) is 1. The smallest absolute Gasteiger partial charge is 0.148 e. The lowest BCUT2D eigenvalue weighted by Gasteiger charge is -2.13. The lowest BCUT2D eigenvalue weighted by molar-refractivity contribution is 0.685. The Morgan fingerprint density at radius 1 is 1.32 bits per heavy atom. The molecule has 1 rings (SSSR count). The molecular formula is C12H23N5OS. The predicted molar refractivity (Wildman–Crippen MR) is 80.6 cm³/mol. The Bertz CT molecular complexity index is 438. The molecule has 6 nitrogen and oxygen atoms in total. The van der Waals surface area contributed by atoms with Crippen LogP contribution >= 0.6 is 0 Å². The number of aromatic nitrogens is 2. The van der Waals surface area contributed by atoms with Crippen LogP contribution in [0.4, 0.5) is 11.6 Å². The molecule has 0 amide bonds. The lowest BCUT2D eigenvalue weighted by atomic mass is 10.2. The van der Waals surface area contributed by atoms with Gasteiger partial charge in [-0.25, -0.2) is 15.8 Å². The van der Waals surface area contributed by atoms with Crippen LogP contribution in [-0.4, -0.2) is 32.7 Å². The van der Waals surface area contributed by atoms with E-state index in [1.807, 2.05) is 6.92 Å². The molecule has 108 valence electrons. The van der Waals surface area contributed by atoms with Gasteiger partial charge < -0.3 is 10.7 Å². The van der Waals surface area contributed by atoms with E-state index in [1.54, 1.807) is 6.26 Å². The van der Waals surface area contributed by atoms with Crippen molar-refractivity contribution >= 4 is 22.4 Å². The normalized spacial score (nSPS) is 12.2. The van der Waals surface area contributed by atoms with E-state index in [9.17, 15) is 4.21 Å². The van der Waals surface area contributed by atoms with Crippen molar-refractivity contribution in [1.29, 1.82) is 0 Å². The molecule has 0 bridgehead atoms. The molecule has 1 unspecified atom stereocenters. The second kappa shape index (κ2) is 8.06. The zero-order valence-electron chi connectivity index (χ0n) is 11.8. The maximum absolute atomic E-state index is 11.0. The number of anilines is 2. The van der Waals surface area contributed by atoms with Gasteiger partial charge in [-0.15, -0.1) is 0 Å². The van der Waals surface area contributed by atoms with E-state index in [0.29, 0.717) is 11.6 Å². The quantitative estimate of drug-likeness (QED) is 0.377. The van der Waals surface area contributed by atoms with Crippen LogP contribution in [0.2, 0.25) is 0 Å². The monoisotopic (exact) mass is 285 g/mol. The van der Waals surface area contributed by atoms with E-state index >= 15 is 0 Å². The third-order valence-electron chi connectivity index (χ3n) is 2.70. The maximum Gasteiger partial charge on any atom is 0.148 e. The van der Waals surface area contributed by atoms with E-state index in [2.05, 4.69) is 27.6 Å². The molecule has 1 aromatic rings. The van der Waals surface area contributed by atoms with Gasteiger partial charge in [-0.1, -0.05) is 6.92 Å².